The van der Waals surface area contributed by atoms with Crippen LogP contribution in [0.4, 0.5) is 16.4 Å². The van der Waals surface area contributed by atoms with E-state index >= 15 is 0 Å². The zero-order valence-corrected chi connectivity index (χ0v) is 16.7. The topological polar surface area (TPSA) is 111 Å². The van der Waals surface area contributed by atoms with Crippen LogP contribution in [0, 0.1) is 0 Å². The predicted octanol–water partition coefficient (Wildman–Crippen LogP) is 4.63. The molecule has 0 fully saturated rings. The molecule has 0 saturated heterocycles. The van der Waals surface area contributed by atoms with Crippen LogP contribution in [0.25, 0.3) is 10.6 Å². The highest BCUT2D eigenvalue weighted by molar-refractivity contribution is 7.94. The maximum absolute atomic E-state index is 12.2. The van der Waals surface area contributed by atoms with Crippen molar-refractivity contribution >= 4 is 41.0 Å². The summed E-state index contributed by atoms with van der Waals surface area (Å²) in [6, 6.07) is 12.7. The number of thiazole rings is 1. The molecule has 1 aromatic carbocycles. The fraction of sp³-hybridized carbons (Fsp3) is 0.167. The number of aromatic nitrogens is 2. The van der Waals surface area contributed by atoms with Crippen molar-refractivity contribution < 1.29 is 14.1 Å². The van der Waals surface area contributed by atoms with Crippen molar-refractivity contribution in [2.75, 3.05) is 10.6 Å². The Hall–Kier alpha value is -2.50. The third-order valence-electron chi connectivity index (χ3n) is 3.57. The Kier molecular flexibility index (Phi) is 7.34. The second kappa shape index (κ2) is 10.2. The molecular formula is C18H19N5O3S2. The van der Waals surface area contributed by atoms with Gasteiger partial charge >= 0.3 is 6.03 Å². The third-order valence-corrected chi connectivity index (χ3v) is 5.07. The van der Waals surface area contributed by atoms with Crippen LogP contribution in [0.2, 0.25) is 0 Å². The molecule has 3 aromatic rings. The summed E-state index contributed by atoms with van der Waals surface area (Å²) in [7, 11) is 0. The van der Waals surface area contributed by atoms with Gasteiger partial charge in [0.15, 0.2) is 0 Å². The number of benzene rings is 1. The van der Waals surface area contributed by atoms with E-state index in [1.54, 1.807) is 11.4 Å². The van der Waals surface area contributed by atoms with Crippen molar-refractivity contribution in [3.8, 4) is 10.6 Å². The number of anilines is 2. The van der Waals surface area contributed by atoms with E-state index < -0.39 is 0 Å². The smallest absolute Gasteiger partial charge is 0.292 e. The lowest BCUT2D eigenvalue weighted by atomic mass is 10.2. The summed E-state index contributed by atoms with van der Waals surface area (Å²) in [5.74, 6) is 5.80. The summed E-state index contributed by atoms with van der Waals surface area (Å²) < 4.78 is 4.60. The highest BCUT2D eigenvalue weighted by atomic mass is 32.2. The number of nitrogens with one attached hydrogen (secondary N) is 2. The average Bonchev–Trinajstić information content (AvgIpc) is 3.15. The molecule has 0 unspecified atom stereocenters. The number of hydrogen-bond acceptors (Lipinski definition) is 8. The normalized spacial score (nSPS) is 10.6. The lowest BCUT2D eigenvalue weighted by molar-refractivity contribution is -0.195. The van der Waals surface area contributed by atoms with Gasteiger partial charge in [-0.05, 0) is 30.7 Å². The van der Waals surface area contributed by atoms with Gasteiger partial charge in [-0.2, -0.15) is 5.90 Å². The zero-order valence-electron chi connectivity index (χ0n) is 15.0. The lowest BCUT2D eigenvalue weighted by Gasteiger charge is -2.06. The highest BCUT2D eigenvalue weighted by Crippen LogP contribution is 2.28. The Bertz CT molecular complexity index is 918. The van der Waals surface area contributed by atoms with Gasteiger partial charge in [-0.25, -0.2) is 14.8 Å². The molecule has 0 bridgehead atoms. The van der Waals surface area contributed by atoms with Gasteiger partial charge < -0.3 is 0 Å². The number of pyridine rings is 1. The number of aryl methyl sites for hydroxylation is 1. The van der Waals surface area contributed by atoms with Gasteiger partial charge in [-0.3, -0.25) is 10.6 Å². The van der Waals surface area contributed by atoms with Crippen LogP contribution in [0.3, 0.4) is 0 Å². The molecule has 3 rings (SSSR count). The minimum Gasteiger partial charge on any atom is -0.292 e. The molecule has 2 amide bonds. The first kappa shape index (κ1) is 20.2. The van der Waals surface area contributed by atoms with Crippen LogP contribution in [0.1, 0.15) is 19.0 Å². The Morgan fingerprint density at radius 3 is 2.68 bits per heavy atom. The number of hydrogen-bond donors (Lipinski definition) is 3. The molecule has 2 aromatic heterocycles. The largest absolute Gasteiger partial charge is 0.326 e. The molecule has 0 spiro atoms. The Morgan fingerprint density at radius 2 is 1.93 bits per heavy atom. The summed E-state index contributed by atoms with van der Waals surface area (Å²) >= 11 is 2.44. The summed E-state index contributed by atoms with van der Waals surface area (Å²) in [4.78, 5) is 26.0. The summed E-state index contributed by atoms with van der Waals surface area (Å²) in [6.45, 7) is 2.09. The van der Waals surface area contributed by atoms with E-state index in [1.165, 1.54) is 11.3 Å². The van der Waals surface area contributed by atoms with Crippen molar-refractivity contribution in [3.63, 3.8) is 0 Å². The SMILES string of the molecule is CCCc1cccc(NC(=O)Nc2csc(-c3ccc(SOON)cc3)n2)n1. The van der Waals surface area contributed by atoms with E-state index in [0.717, 1.165) is 46.0 Å². The van der Waals surface area contributed by atoms with Crippen LogP contribution >= 0.6 is 23.4 Å². The van der Waals surface area contributed by atoms with Crippen molar-refractivity contribution in [1.82, 2.24) is 9.97 Å². The molecule has 4 N–H and O–H groups in total. The van der Waals surface area contributed by atoms with E-state index in [4.69, 9.17) is 5.90 Å². The number of nitrogens with two attached hydrogens (primary N) is 1. The molecule has 146 valence electrons. The minimum atomic E-state index is -0.385. The molecule has 2 heterocycles. The van der Waals surface area contributed by atoms with Crippen LogP contribution in [-0.2, 0) is 15.7 Å². The third kappa shape index (κ3) is 5.75. The molecule has 8 nitrogen and oxygen atoms in total. The van der Waals surface area contributed by atoms with E-state index in [1.807, 2.05) is 36.4 Å². The molecule has 0 radical (unpaired) electrons. The Morgan fingerprint density at radius 1 is 1.14 bits per heavy atom. The first-order valence-electron chi connectivity index (χ1n) is 8.48. The van der Waals surface area contributed by atoms with Gasteiger partial charge in [0.2, 0.25) is 0 Å². The van der Waals surface area contributed by atoms with E-state index in [-0.39, 0.29) is 6.03 Å². The molecule has 0 aliphatic heterocycles. The van der Waals surface area contributed by atoms with Gasteiger partial charge in [0, 0.05) is 21.5 Å². The monoisotopic (exact) mass is 417 g/mol. The van der Waals surface area contributed by atoms with E-state index in [2.05, 4.69) is 36.8 Å². The Balaban J connectivity index is 1.59. The van der Waals surface area contributed by atoms with Crippen LogP contribution in [-0.4, -0.2) is 16.0 Å². The maximum atomic E-state index is 12.2. The molecule has 0 aliphatic carbocycles. The second-order valence-electron chi connectivity index (χ2n) is 5.65. The van der Waals surface area contributed by atoms with Gasteiger partial charge in [-0.1, -0.05) is 31.5 Å². The van der Waals surface area contributed by atoms with E-state index in [9.17, 15) is 4.79 Å². The first-order valence-corrected chi connectivity index (χ1v) is 10.1. The molecule has 10 heteroatoms. The van der Waals surface area contributed by atoms with Crippen molar-refractivity contribution in [2.24, 2.45) is 5.90 Å². The van der Waals surface area contributed by atoms with Crippen molar-refractivity contribution in [2.45, 2.75) is 24.7 Å². The van der Waals surface area contributed by atoms with Crippen molar-refractivity contribution in [1.29, 1.82) is 0 Å². The van der Waals surface area contributed by atoms with Gasteiger partial charge in [-0.15, -0.1) is 20.7 Å². The fourth-order valence-corrected chi connectivity index (χ4v) is 3.51. The molecule has 0 saturated carbocycles. The van der Waals surface area contributed by atoms with Gasteiger partial charge in [0.25, 0.3) is 0 Å². The van der Waals surface area contributed by atoms with Gasteiger partial charge in [0.05, 0.1) is 12.0 Å². The standard InChI is InChI=1S/C18H19N5O3S2/c1-2-4-13-5-3-6-15(20-13)22-18(24)23-16-11-27-17(21-16)12-7-9-14(10-8-12)28-26-25-19/h3,5-11H,2,4,19H2,1H3,(H2,20,22,23,24). The molecule has 0 aliphatic rings. The highest BCUT2D eigenvalue weighted by Gasteiger charge is 2.09. The van der Waals surface area contributed by atoms with Gasteiger partial charge in [0.1, 0.15) is 16.6 Å². The number of carbonyl (C=O) groups is 1. The van der Waals surface area contributed by atoms with Crippen LogP contribution in [0.5, 0.6) is 0 Å². The first-order chi connectivity index (χ1) is 13.7. The minimum absolute atomic E-state index is 0.385. The molecular weight excluding hydrogens is 398 g/mol. The number of urea groups is 1. The number of rotatable bonds is 8. The Labute approximate surface area is 170 Å². The fourth-order valence-electron chi connectivity index (χ4n) is 2.38. The molecule has 0 atom stereocenters. The summed E-state index contributed by atoms with van der Waals surface area (Å²) in [5, 5.41) is 8.02. The second-order valence-corrected chi connectivity index (χ2v) is 7.29. The number of amides is 2. The summed E-state index contributed by atoms with van der Waals surface area (Å²) in [6.07, 6.45) is 1.87. The van der Waals surface area contributed by atoms with Crippen LogP contribution < -0.4 is 16.5 Å². The summed E-state index contributed by atoms with van der Waals surface area (Å²) in [5.41, 5.74) is 1.87. The quantitative estimate of drug-likeness (QED) is 0.278. The zero-order chi connectivity index (χ0) is 19.8. The molecule has 28 heavy (non-hydrogen) atoms. The lowest BCUT2D eigenvalue weighted by Crippen LogP contribution is -2.20. The van der Waals surface area contributed by atoms with Crippen molar-refractivity contribution in [3.05, 3.63) is 53.5 Å². The maximum Gasteiger partial charge on any atom is 0.326 e. The number of nitrogens with zero attached hydrogens (tertiary/aromatic N) is 2. The van der Waals surface area contributed by atoms with Crippen LogP contribution in [0.15, 0.2) is 52.7 Å². The average molecular weight is 418 g/mol. The van der Waals surface area contributed by atoms with E-state index in [0.29, 0.717) is 11.6 Å². The number of carbonyl (C=O) groups excluding carboxylic acids is 1. The predicted molar refractivity (Wildman–Crippen MR) is 111 cm³/mol.